The van der Waals surface area contributed by atoms with Crippen molar-refractivity contribution in [3.8, 4) is 0 Å². The van der Waals surface area contributed by atoms with Crippen LogP contribution in [-0.2, 0) is 10.0 Å². The van der Waals surface area contributed by atoms with Gasteiger partial charge in [0.05, 0.1) is 6.04 Å². The number of piperazine rings is 1. The normalized spacial score (nSPS) is 18.8. The lowest BCUT2D eigenvalue weighted by Gasteiger charge is -2.35. The average Bonchev–Trinajstić information content (AvgIpc) is 2.55. The standard InChI is InChI=1S/C15H15ClFN3O2S.ClH/c16-12-3-4-15(13(17)8-12)23(21,22)20-7-6-19-10-14(20)11-2-1-5-18-9-11;/h1-5,8-9,14,19H,6-7,10H2;1H. The Labute approximate surface area is 151 Å². The van der Waals surface area contributed by atoms with Crippen LogP contribution in [0, 0.1) is 5.82 Å². The van der Waals surface area contributed by atoms with E-state index in [2.05, 4.69) is 10.3 Å². The van der Waals surface area contributed by atoms with E-state index in [1.165, 1.54) is 16.4 Å². The number of benzene rings is 1. The Morgan fingerprint density at radius 2 is 2.12 bits per heavy atom. The molecule has 1 unspecified atom stereocenters. The summed E-state index contributed by atoms with van der Waals surface area (Å²) in [6.07, 6.45) is 3.25. The monoisotopic (exact) mass is 391 g/mol. The van der Waals surface area contributed by atoms with E-state index < -0.39 is 21.9 Å². The van der Waals surface area contributed by atoms with Crippen LogP contribution < -0.4 is 5.32 Å². The van der Waals surface area contributed by atoms with Gasteiger partial charge in [0.15, 0.2) is 0 Å². The molecule has 1 aliphatic heterocycles. The topological polar surface area (TPSA) is 62.3 Å². The Hall–Kier alpha value is -1.25. The molecular formula is C15H16Cl2FN3O2S. The number of aromatic nitrogens is 1. The van der Waals surface area contributed by atoms with Gasteiger partial charge in [-0.1, -0.05) is 17.7 Å². The van der Waals surface area contributed by atoms with Crippen LogP contribution in [0.15, 0.2) is 47.6 Å². The predicted octanol–water partition coefficient (Wildman–Crippen LogP) is 2.63. The number of nitrogens with zero attached hydrogens (tertiary/aromatic N) is 2. The van der Waals surface area contributed by atoms with Crippen LogP contribution in [-0.4, -0.2) is 37.3 Å². The Kier molecular flexibility index (Phi) is 6.17. The van der Waals surface area contributed by atoms with E-state index in [1.807, 2.05) is 6.07 Å². The van der Waals surface area contributed by atoms with Crippen LogP contribution in [0.3, 0.4) is 0 Å². The summed E-state index contributed by atoms with van der Waals surface area (Å²) in [6, 6.07) is 6.71. The van der Waals surface area contributed by atoms with E-state index >= 15 is 0 Å². The summed E-state index contributed by atoms with van der Waals surface area (Å²) in [5.74, 6) is -0.846. The molecule has 9 heteroatoms. The molecule has 0 spiro atoms. The van der Waals surface area contributed by atoms with Gasteiger partial charge in [-0.15, -0.1) is 12.4 Å². The second kappa shape index (κ2) is 7.76. The molecule has 0 bridgehead atoms. The number of rotatable bonds is 3. The SMILES string of the molecule is Cl.O=S(=O)(c1ccc(Cl)cc1F)N1CCNCC1c1cccnc1. The number of sulfonamides is 1. The van der Waals surface area contributed by atoms with Crippen LogP contribution in [0.2, 0.25) is 5.02 Å². The van der Waals surface area contributed by atoms with E-state index in [0.717, 1.165) is 11.6 Å². The summed E-state index contributed by atoms with van der Waals surface area (Å²) in [5.41, 5.74) is 0.762. The smallest absolute Gasteiger partial charge is 0.246 e. The van der Waals surface area contributed by atoms with E-state index in [-0.39, 0.29) is 28.9 Å². The van der Waals surface area contributed by atoms with Gasteiger partial charge in [0, 0.05) is 37.1 Å². The first kappa shape index (κ1) is 19.1. The maximum atomic E-state index is 14.1. The Morgan fingerprint density at radius 3 is 2.79 bits per heavy atom. The molecule has 0 amide bonds. The van der Waals surface area contributed by atoms with E-state index in [1.54, 1.807) is 18.5 Å². The quantitative estimate of drug-likeness (QED) is 0.873. The molecule has 1 saturated heterocycles. The van der Waals surface area contributed by atoms with Crippen LogP contribution in [0.4, 0.5) is 4.39 Å². The van der Waals surface area contributed by atoms with Gasteiger partial charge in [0.1, 0.15) is 10.7 Å². The molecule has 130 valence electrons. The second-order valence-electron chi connectivity index (χ2n) is 5.20. The minimum atomic E-state index is -3.97. The third-order valence-electron chi connectivity index (χ3n) is 3.74. The number of hydrogen-bond acceptors (Lipinski definition) is 4. The van der Waals surface area contributed by atoms with E-state index in [0.29, 0.717) is 13.1 Å². The van der Waals surface area contributed by atoms with Crippen LogP contribution in [0.25, 0.3) is 0 Å². The van der Waals surface area contributed by atoms with Crippen molar-refractivity contribution in [2.24, 2.45) is 0 Å². The molecule has 1 aromatic carbocycles. The van der Waals surface area contributed by atoms with Crippen LogP contribution in [0.1, 0.15) is 11.6 Å². The second-order valence-corrected chi connectivity index (χ2v) is 7.49. The molecule has 1 atom stereocenters. The first-order valence-electron chi connectivity index (χ1n) is 7.07. The summed E-state index contributed by atoms with van der Waals surface area (Å²) in [4.78, 5) is 3.67. The van der Waals surface area contributed by atoms with Crippen molar-refractivity contribution >= 4 is 34.0 Å². The van der Waals surface area contributed by atoms with Crippen molar-refractivity contribution < 1.29 is 12.8 Å². The third-order valence-corrected chi connectivity index (χ3v) is 5.92. The fourth-order valence-electron chi connectivity index (χ4n) is 2.64. The van der Waals surface area contributed by atoms with Gasteiger partial charge in [0.25, 0.3) is 0 Å². The highest BCUT2D eigenvalue weighted by Gasteiger charge is 2.36. The van der Waals surface area contributed by atoms with Crippen molar-refractivity contribution in [3.05, 3.63) is 59.1 Å². The highest BCUT2D eigenvalue weighted by Crippen LogP contribution is 2.30. The Morgan fingerprint density at radius 1 is 1.33 bits per heavy atom. The molecule has 2 aromatic rings. The van der Waals surface area contributed by atoms with Crippen LogP contribution in [0.5, 0.6) is 0 Å². The molecular weight excluding hydrogens is 376 g/mol. The molecule has 1 aliphatic rings. The largest absolute Gasteiger partial charge is 0.313 e. The van der Waals surface area contributed by atoms with Gasteiger partial charge in [-0.25, -0.2) is 12.8 Å². The average molecular weight is 392 g/mol. The lowest BCUT2D eigenvalue weighted by molar-refractivity contribution is 0.270. The zero-order valence-electron chi connectivity index (χ0n) is 12.5. The van der Waals surface area contributed by atoms with Gasteiger partial charge < -0.3 is 5.32 Å². The molecule has 0 saturated carbocycles. The number of halogens is 3. The minimum absolute atomic E-state index is 0. The maximum Gasteiger partial charge on any atom is 0.246 e. The zero-order valence-corrected chi connectivity index (χ0v) is 14.9. The Bertz CT molecular complexity index is 806. The van der Waals surface area contributed by atoms with E-state index in [9.17, 15) is 12.8 Å². The summed E-state index contributed by atoms with van der Waals surface area (Å²) in [6.45, 7) is 1.20. The third kappa shape index (κ3) is 3.70. The van der Waals surface area contributed by atoms with E-state index in [4.69, 9.17) is 11.6 Å². The number of hydrogen-bond donors (Lipinski definition) is 1. The summed E-state index contributed by atoms with van der Waals surface area (Å²) >= 11 is 5.71. The van der Waals surface area contributed by atoms with Crippen molar-refractivity contribution in [3.63, 3.8) is 0 Å². The van der Waals surface area contributed by atoms with Gasteiger partial charge in [-0.05, 0) is 29.8 Å². The first-order chi connectivity index (χ1) is 11.0. The lowest BCUT2D eigenvalue weighted by Crippen LogP contribution is -2.48. The molecule has 1 aromatic heterocycles. The molecule has 1 fully saturated rings. The van der Waals surface area contributed by atoms with Gasteiger partial charge in [-0.2, -0.15) is 4.31 Å². The van der Waals surface area contributed by atoms with Crippen molar-refractivity contribution in [1.29, 1.82) is 0 Å². The lowest BCUT2D eigenvalue weighted by atomic mass is 10.1. The van der Waals surface area contributed by atoms with Crippen molar-refractivity contribution in [2.45, 2.75) is 10.9 Å². The molecule has 3 rings (SSSR count). The Balaban J connectivity index is 0.00000208. The number of nitrogens with one attached hydrogen (secondary N) is 1. The predicted molar refractivity (Wildman–Crippen MR) is 92.4 cm³/mol. The maximum absolute atomic E-state index is 14.1. The zero-order chi connectivity index (χ0) is 16.4. The highest BCUT2D eigenvalue weighted by molar-refractivity contribution is 7.89. The molecule has 1 N–H and O–H groups in total. The fraction of sp³-hybridized carbons (Fsp3) is 0.267. The summed E-state index contributed by atoms with van der Waals surface area (Å²) in [5, 5.41) is 3.32. The van der Waals surface area contributed by atoms with Gasteiger partial charge in [-0.3, -0.25) is 4.98 Å². The molecule has 24 heavy (non-hydrogen) atoms. The van der Waals surface area contributed by atoms with Crippen molar-refractivity contribution in [1.82, 2.24) is 14.6 Å². The minimum Gasteiger partial charge on any atom is -0.313 e. The molecule has 2 heterocycles. The first-order valence-corrected chi connectivity index (χ1v) is 8.89. The van der Waals surface area contributed by atoms with Crippen molar-refractivity contribution in [2.75, 3.05) is 19.6 Å². The molecule has 0 aliphatic carbocycles. The van der Waals surface area contributed by atoms with Gasteiger partial charge >= 0.3 is 0 Å². The highest BCUT2D eigenvalue weighted by atomic mass is 35.5. The number of pyridine rings is 1. The van der Waals surface area contributed by atoms with Crippen LogP contribution >= 0.6 is 24.0 Å². The molecule has 0 radical (unpaired) electrons. The summed E-state index contributed by atoms with van der Waals surface area (Å²) < 4.78 is 41.2. The molecule has 5 nitrogen and oxygen atoms in total. The summed E-state index contributed by atoms with van der Waals surface area (Å²) in [7, 11) is -3.97. The fourth-order valence-corrected chi connectivity index (χ4v) is 4.46. The van der Waals surface area contributed by atoms with Gasteiger partial charge in [0.2, 0.25) is 10.0 Å².